The molecule has 1 aliphatic heterocycles. The van der Waals surface area contributed by atoms with Crippen LogP contribution in [0.15, 0.2) is 30.3 Å². The van der Waals surface area contributed by atoms with Crippen LogP contribution >= 0.6 is 0 Å². The van der Waals surface area contributed by atoms with Gasteiger partial charge in [-0.15, -0.1) is 0 Å². The minimum Gasteiger partial charge on any atom is -0.329 e. The summed E-state index contributed by atoms with van der Waals surface area (Å²) in [5.41, 5.74) is 7.11. The number of hydrogen-bond acceptors (Lipinski definition) is 2. The molecule has 1 aliphatic rings. The maximum atomic E-state index is 5.67. The van der Waals surface area contributed by atoms with Gasteiger partial charge in [0.25, 0.3) is 0 Å². The summed E-state index contributed by atoms with van der Waals surface area (Å²) in [6, 6.07) is 11.4. The van der Waals surface area contributed by atoms with E-state index in [-0.39, 0.29) is 0 Å². The first kappa shape index (κ1) is 10.7. The van der Waals surface area contributed by atoms with E-state index in [4.69, 9.17) is 5.73 Å². The van der Waals surface area contributed by atoms with Gasteiger partial charge in [0.05, 0.1) is 0 Å². The summed E-state index contributed by atoms with van der Waals surface area (Å²) < 4.78 is 0. The van der Waals surface area contributed by atoms with Crippen LogP contribution in [-0.2, 0) is 6.42 Å². The van der Waals surface area contributed by atoms with Gasteiger partial charge in [0, 0.05) is 19.1 Å². The number of hydrogen-bond donors (Lipinski definition) is 1. The Bertz CT molecular complexity index is 282. The Morgan fingerprint density at radius 1 is 1.27 bits per heavy atom. The predicted octanol–water partition coefficient (Wildman–Crippen LogP) is 1.65. The van der Waals surface area contributed by atoms with Gasteiger partial charge in [0.2, 0.25) is 0 Å². The third kappa shape index (κ3) is 2.80. The van der Waals surface area contributed by atoms with E-state index in [0.717, 1.165) is 6.54 Å². The number of aryl methyl sites for hydroxylation is 1. The summed E-state index contributed by atoms with van der Waals surface area (Å²) in [6.45, 7) is 3.28. The first-order valence-electron chi connectivity index (χ1n) is 5.88. The lowest BCUT2D eigenvalue weighted by Gasteiger charge is -2.40. The van der Waals surface area contributed by atoms with Gasteiger partial charge in [-0.05, 0) is 31.4 Å². The van der Waals surface area contributed by atoms with Gasteiger partial charge in [0.1, 0.15) is 0 Å². The molecule has 2 N–H and O–H groups in total. The van der Waals surface area contributed by atoms with E-state index in [1.165, 1.54) is 37.9 Å². The van der Waals surface area contributed by atoms with Crippen molar-refractivity contribution in [2.45, 2.75) is 25.3 Å². The molecule has 1 heterocycles. The average molecular weight is 204 g/mol. The van der Waals surface area contributed by atoms with Crippen molar-refractivity contribution in [1.29, 1.82) is 0 Å². The molecule has 0 amide bonds. The van der Waals surface area contributed by atoms with Gasteiger partial charge in [-0.3, -0.25) is 4.90 Å². The highest BCUT2D eigenvalue weighted by Crippen LogP contribution is 2.16. The first-order chi connectivity index (χ1) is 7.40. The summed E-state index contributed by atoms with van der Waals surface area (Å²) in [6.07, 6.45) is 3.73. The first-order valence-corrected chi connectivity index (χ1v) is 5.88. The maximum absolute atomic E-state index is 5.67. The number of likely N-dealkylation sites (tertiary alicyclic amines) is 1. The van der Waals surface area contributed by atoms with Crippen molar-refractivity contribution in [3.63, 3.8) is 0 Å². The van der Waals surface area contributed by atoms with Gasteiger partial charge in [-0.1, -0.05) is 30.3 Å². The van der Waals surface area contributed by atoms with Crippen LogP contribution in [0, 0.1) is 0 Å². The van der Waals surface area contributed by atoms with Crippen molar-refractivity contribution in [2.24, 2.45) is 5.73 Å². The topological polar surface area (TPSA) is 29.3 Å². The number of rotatable bonds is 5. The largest absolute Gasteiger partial charge is 0.329 e. The van der Waals surface area contributed by atoms with Crippen LogP contribution in [-0.4, -0.2) is 30.6 Å². The molecule has 82 valence electrons. The van der Waals surface area contributed by atoms with E-state index < -0.39 is 0 Å². The molecule has 15 heavy (non-hydrogen) atoms. The molecule has 2 rings (SSSR count). The number of nitrogens with two attached hydrogens (primary N) is 1. The molecule has 1 fully saturated rings. The van der Waals surface area contributed by atoms with Gasteiger partial charge in [-0.25, -0.2) is 0 Å². The molecule has 1 saturated heterocycles. The Morgan fingerprint density at radius 3 is 2.67 bits per heavy atom. The number of benzene rings is 1. The van der Waals surface area contributed by atoms with Crippen LogP contribution in [0.2, 0.25) is 0 Å². The lowest BCUT2D eigenvalue weighted by Crippen LogP contribution is -2.51. The highest BCUT2D eigenvalue weighted by Gasteiger charge is 2.25. The summed E-state index contributed by atoms with van der Waals surface area (Å²) in [5, 5.41) is 0. The van der Waals surface area contributed by atoms with E-state index in [1.54, 1.807) is 0 Å². The molecule has 2 heteroatoms. The predicted molar refractivity (Wildman–Crippen MR) is 63.8 cm³/mol. The fourth-order valence-electron chi connectivity index (χ4n) is 2.19. The molecule has 0 bridgehead atoms. The van der Waals surface area contributed by atoms with E-state index in [2.05, 4.69) is 35.2 Å². The Balaban J connectivity index is 1.67. The van der Waals surface area contributed by atoms with Crippen LogP contribution < -0.4 is 5.73 Å². The maximum Gasteiger partial charge on any atom is 0.0230 e. The SMILES string of the molecule is NCC1CCN1CCCc1ccccc1. The van der Waals surface area contributed by atoms with Crippen molar-refractivity contribution >= 4 is 0 Å². The summed E-state index contributed by atoms with van der Waals surface area (Å²) in [4.78, 5) is 2.50. The van der Waals surface area contributed by atoms with Crippen molar-refractivity contribution < 1.29 is 0 Å². The molecule has 2 nitrogen and oxygen atoms in total. The molecule has 0 radical (unpaired) electrons. The molecule has 1 aromatic rings. The third-order valence-electron chi connectivity index (χ3n) is 3.29. The lowest BCUT2D eigenvalue weighted by molar-refractivity contribution is 0.0956. The molecular formula is C13H20N2. The summed E-state index contributed by atoms with van der Waals surface area (Å²) in [7, 11) is 0. The fourth-order valence-corrected chi connectivity index (χ4v) is 2.19. The second-order valence-corrected chi connectivity index (χ2v) is 4.30. The quantitative estimate of drug-likeness (QED) is 0.790. The van der Waals surface area contributed by atoms with Gasteiger partial charge in [0.15, 0.2) is 0 Å². The second kappa shape index (κ2) is 5.29. The second-order valence-electron chi connectivity index (χ2n) is 4.30. The Labute approximate surface area is 92.1 Å². The van der Waals surface area contributed by atoms with Crippen LogP contribution in [0.25, 0.3) is 0 Å². The Kier molecular flexibility index (Phi) is 3.75. The molecule has 0 spiro atoms. The van der Waals surface area contributed by atoms with E-state index in [0.29, 0.717) is 6.04 Å². The molecule has 1 aromatic carbocycles. The molecule has 0 saturated carbocycles. The molecule has 0 aliphatic carbocycles. The normalized spacial score (nSPS) is 21.3. The van der Waals surface area contributed by atoms with E-state index in [9.17, 15) is 0 Å². The smallest absolute Gasteiger partial charge is 0.0230 e. The Hall–Kier alpha value is -0.860. The van der Waals surface area contributed by atoms with Crippen molar-refractivity contribution in [2.75, 3.05) is 19.6 Å². The zero-order chi connectivity index (χ0) is 10.5. The van der Waals surface area contributed by atoms with Crippen molar-refractivity contribution in [1.82, 2.24) is 4.90 Å². The van der Waals surface area contributed by atoms with Crippen molar-refractivity contribution in [3.05, 3.63) is 35.9 Å². The zero-order valence-corrected chi connectivity index (χ0v) is 9.23. The third-order valence-corrected chi connectivity index (χ3v) is 3.29. The molecule has 0 aromatic heterocycles. The van der Waals surface area contributed by atoms with Crippen molar-refractivity contribution in [3.8, 4) is 0 Å². The fraction of sp³-hybridized carbons (Fsp3) is 0.538. The lowest BCUT2D eigenvalue weighted by atomic mass is 10.0. The van der Waals surface area contributed by atoms with Gasteiger partial charge in [-0.2, -0.15) is 0 Å². The van der Waals surface area contributed by atoms with Crippen LogP contribution in [0.4, 0.5) is 0 Å². The minimum atomic E-state index is 0.667. The average Bonchev–Trinajstić information content (AvgIpc) is 2.25. The van der Waals surface area contributed by atoms with Crippen LogP contribution in [0.5, 0.6) is 0 Å². The van der Waals surface area contributed by atoms with Crippen LogP contribution in [0.1, 0.15) is 18.4 Å². The summed E-state index contributed by atoms with van der Waals surface area (Å²) >= 11 is 0. The highest BCUT2D eigenvalue weighted by atomic mass is 15.2. The molecular weight excluding hydrogens is 184 g/mol. The summed E-state index contributed by atoms with van der Waals surface area (Å²) in [5.74, 6) is 0. The van der Waals surface area contributed by atoms with Crippen LogP contribution in [0.3, 0.4) is 0 Å². The Morgan fingerprint density at radius 2 is 2.07 bits per heavy atom. The standard InChI is InChI=1S/C13H20N2/c14-11-13-8-10-15(13)9-4-7-12-5-2-1-3-6-12/h1-3,5-6,13H,4,7-11,14H2. The minimum absolute atomic E-state index is 0.667. The zero-order valence-electron chi connectivity index (χ0n) is 9.23. The monoisotopic (exact) mass is 204 g/mol. The van der Waals surface area contributed by atoms with E-state index >= 15 is 0 Å². The molecule has 1 unspecified atom stereocenters. The van der Waals surface area contributed by atoms with Gasteiger partial charge >= 0.3 is 0 Å². The number of nitrogens with zero attached hydrogens (tertiary/aromatic N) is 1. The highest BCUT2D eigenvalue weighted by molar-refractivity contribution is 5.14. The van der Waals surface area contributed by atoms with Gasteiger partial charge < -0.3 is 5.73 Å². The van der Waals surface area contributed by atoms with E-state index in [1.807, 2.05) is 0 Å². The molecule has 1 atom stereocenters.